The maximum absolute atomic E-state index is 13.6. The van der Waals surface area contributed by atoms with Gasteiger partial charge in [-0.1, -0.05) is 27.5 Å². The van der Waals surface area contributed by atoms with Crippen molar-refractivity contribution in [1.29, 1.82) is 0 Å². The molecule has 0 heterocycles. The number of amides is 2. The molecule has 7 N–H and O–H groups in total. The number of phenols is 1. The number of nitrogens with two attached hydrogens (primary N) is 1. The Balaban J connectivity index is 0.00000380. The molecule has 0 aliphatic heterocycles. The molecular formula is C23H24BrCl2N3O8. The lowest BCUT2D eigenvalue weighted by Crippen LogP contribution is -2.63. The summed E-state index contributed by atoms with van der Waals surface area (Å²) in [7, 11) is 3.10. The molecule has 0 bridgehead atoms. The molecule has 37 heavy (non-hydrogen) atoms. The fourth-order valence-corrected chi connectivity index (χ4v) is 5.97. The summed E-state index contributed by atoms with van der Waals surface area (Å²) in [6.45, 7) is 0. The zero-order valence-electron chi connectivity index (χ0n) is 19.5. The Kier molecular flexibility index (Phi) is 7.75. The summed E-state index contributed by atoms with van der Waals surface area (Å²) in [5, 5.41) is 46.7. The monoisotopic (exact) mass is 619 g/mol. The number of aliphatic hydroxyl groups excluding tert-OH is 2. The van der Waals surface area contributed by atoms with E-state index in [0.29, 0.717) is 5.56 Å². The highest BCUT2D eigenvalue weighted by Crippen LogP contribution is 2.53. The Hall–Kier alpha value is -2.64. The quantitative estimate of drug-likeness (QED) is 0.165. The van der Waals surface area contributed by atoms with E-state index < -0.39 is 69.7 Å². The van der Waals surface area contributed by atoms with Gasteiger partial charge < -0.3 is 31.5 Å². The first-order chi connectivity index (χ1) is 16.8. The summed E-state index contributed by atoms with van der Waals surface area (Å²) in [5.74, 6) is -8.09. The third-order valence-electron chi connectivity index (χ3n) is 7.05. The number of hydrogen-bond donors (Lipinski definition) is 6. The van der Waals surface area contributed by atoms with Gasteiger partial charge in [0.25, 0.3) is 5.91 Å². The summed E-state index contributed by atoms with van der Waals surface area (Å²) in [6, 6.07) is 0.347. The van der Waals surface area contributed by atoms with Gasteiger partial charge in [-0.3, -0.25) is 24.1 Å². The largest absolute Gasteiger partial charge is 0.510 e. The van der Waals surface area contributed by atoms with Gasteiger partial charge >= 0.3 is 0 Å². The van der Waals surface area contributed by atoms with Gasteiger partial charge in [-0.15, -0.1) is 12.4 Å². The van der Waals surface area contributed by atoms with E-state index in [-0.39, 0.29) is 52.4 Å². The molecule has 4 rings (SSSR count). The van der Waals surface area contributed by atoms with Crippen molar-refractivity contribution in [3.8, 4) is 5.75 Å². The van der Waals surface area contributed by atoms with E-state index >= 15 is 0 Å². The van der Waals surface area contributed by atoms with Crippen molar-refractivity contribution in [1.82, 2.24) is 4.90 Å². The smallest absolute Gasteiger partial charge is 0.255 e. The lowest BCUT2D eigenvalue weighted by atomic mass is 9.58. The zero-order valence-corrected chi connectivity index (χ0v) is 22.7. The second-order valence-electron chi connectivity index (χ2n) is 9.26. The Morgan fingerprint density at radius 1 is 1.27 bits per heavy atom. The highest BCUT2D eigenvalue weighted by atomic mass is 79.9. The van der Waals surface area contributed by atoms with Crippen molar-refractivity contribution in [3.63, 3.8) is 0 Å². The molecule has 3 aliphatic carbocycles. The lowest BCUT2D eigenvalue weighted by molar-refractivity contribution is -0.148. The van der Waals surface area contributed by atoms with Gasteiger partial charge in [-0.2, -0.15) is 0 Å². The van der Waals surface area contributed by atoms with Crippen LogP contribution in [-0.2, 0) is 20.8 Å². The average Bonchev–Trinajstić information content (AvgIpc) is 2.78. The molecule has 0 radical (unpaired) electrons. The Bertz CT molecular complexity index is 1310. The first kappa shape index (κ1) is 28.9. The van der Waals surface area contributed by atoms with Crippen molar-refractivity contribution >= 4 is 69.0 Å². The van der Waals surface area contributed by atoms with Gasteiger partial charge in [-0.05, 0) is 44.5 Å². The summed E-state index contributed by atoms with van der Waals surface area (Å²) in [4.78, 5) is 52.2. The number of likely N-dealkylation sites (N-methyl/N-ethyl adjacent to an activating group) is 1. The molecule has 200 valence electrons. The number of ketones is 2. The zero-order chi connectivity index (χ0) is 26.9. The van der Waals surface area contributed by atoms with E-state index in [0.717, 1.165) is 0 Å². The predicted molar refractivity (Wildman–Crippen MR) is 138 cm³/mol. The van der Waals surface area contributed by atoms with Crippen LogP contribution in [0.25, 0.3) is 0 Å². The first-order valence-corrected chi connectivity index (χ1v) is 12.3. The lowest BCUT2D eigenvalue weighted by Gasteiger charge is -2.50. The number of primary amides is 1. The van der Waals surface area contributed by atoms with Crippen LogP contribution in [0.2, 0.25) is 5.02 Å². The molecule has 1 aromatic carbocycles. The van der Waals surface area contributed by atoms with Crippen LogP contribution in [0.4, 0.5) is 5.69 Å². The molecule has 14 heteroatoms. The van der Waals surface area contributed by atoms with Crippen molar-refractivity contribution in [2.75, 3.05) is 24.7 Å². The Morgan fingerprint density at radius 2 is 1.89 bits per heavy atom. The third-order valence-corrected chi connectivity index (χ3v) is 7.86. The number of fused-ring (bicyclic) bond motifs is 3. The molecular weight excluding hydrogens is 597 g/mol. The highest BCUT2D eigenvalue weighted by molar-refractivity contribution is 9.09. The number of anilines is 1. The number of benzene rings is 1. The summed E-state index contributed by atoms with van der Waals surface area (Å²) in [5.41, 5.74) is 1.30. The normalized spacial score (nSPS) is 26.8. The SMILES string of the molecule is CN(C)[C@@H]1C(O)=C(C(N)=O)C(=O)C2(O)C(O)=C3C(=O)c4c(cc(Cl)c(NC(=O)CBr)c4O)CC3CC12.Cl. The fraction of sp³-hybridized carbons (Fsp3) is 0.391. The van der Waals surface area contributed by atoms with E-state index in [1.165, 1.54) is 11.0 Å². The molecule has 0 saturated carbocycles. The van der Waals surface area contributed by atoms with Gasteiger partial charge in [0.2, 0.25) is 11.7 Å². The maximum Gasteiger partial charge on any atom is 0.255 e. The number of allylic oxidation sites excluding steroid dienone is 1. The van der Waals surface area contributed by atoms with Crippen molar-refractivity contribution < 1.29 is 39.6 Å². The molecule has 3 aliphatic rings. The number of carbonyl (C=O) groups excluding carboxylic acids is 4. The van der Waals surface area contributed by atoms with Gasteiger partial charge in [-0.25, -0.2) is 0 Å². The molecule has 2 amide bonds. The number of hydrogen-bond acceptors (Lipinski definition) is 9. The number of nitrogens with zero attached hydrogens (tertiary/aromatic N) is 1. The van der Waals surface area contributed by atoms with Crippen molar-refractivity contribution in [2.24, 2.45) is 17.6 Å². The van der Waals surface area contributed by atoms with Crippen molar-refractivity contribution in [3.05, 3.63) is 44.9 Å². The maximum atomic E-state index is 13.6. The topological polar surface area (TPSA) is 190 Å². The average molecular weight is 621 g/mol. The molecule has 0 aromatic heterocycles. The number of Topliss-reactive ketones (excluding diaryl/α,β-unsaturated/α-hetero) is 2. The molecule has 11 nitrogen and oxygen atoms in total. The van der Waals surface area contributed by atoms with E-state index in [9.17, 15) is 39.6 Å². The Morgan fingerprint density at radius 3 is 2.43 bits per heavy atom. The fourth-order valence-electron chi connectivity index (χ4n) is 5.56. The minimum atomic E-state index is -2.72. The van der Waals surface area contributed by atoms with E-state index in [1.807, 2.05) is 0 Å². The molecule has 0 fully saturated rings. The van der Waals surface area contributed by atoms with Crippen LogP contribution in [-0.4, -0.2) is 79.8 Å². The van der Waals surface area contributed by atoms with E-state index in [1.54, 1.807) is 14.1 Å². The van der Waals surface area contributed by atoms with Crippen LogP contribution in [0, 0.1) is 11.8 Å². The van der Waals surface area contributed by atoms with E-state index in [4.69, 9.17) is 17.3 Å². The number of nitrogens with one attached hydrogen (secondary N) is 1. The molecule has 0 saturated heterocycles. The first-order valence-electron chi connectivity index (χ1n) is 10.8. The summed E-state index contributed by atoms with van der Waals surface area (Å²) >= 11 is 9.24. The molecule has 1 aromatic rings. The van der Waals surface area contributed by atoms with Gasteiger partial charge in [0.05, 0.1) is 22.0 Å². The van der Waals surface area contributed by atoms with E-state index in [2.05, 4.69) is 21.2 Å². The minimum Gasteiger partial charge on any atom is -0.510 e. The summed E-state index contributed by atoms with van der Waals surface area (Å²) in [6.07, 6.45) is 0.0563. The minimum absolute atomic E-state index is 0. The molecule has 3 unspecified atom stereocenters. The van der Waals surface area contributed by atoms with Crippen LogP contribution in [0.1, 0.15) is 22.3 Å². The Labute approximate surface area is 230 Å². The number of aromatic hydroxyl groups is 1. The number of rotatable bonds is 4. The highest BCUT2D eigenvalue weighted by Gasteiger charge is 2.63. The predicted octanol–water partition coefficient (Wildman–Crippen LogP) is 1.53. The summed E-state index contributed by atoms with van der Waals surface area (Å²) < 4.78 is 0. The molecule has 4 atom stereocenters. The third kappa shape index (κ3) is 4.11. The van der Waals surface area contributed by atoms with Crippen molar-refractivity contribution in [2.45, 2.75) is 24.5 Å². The number of phenolic OH excluding ortho intramolecular Hbond substituents is 1. The van der Waals surface area contributed by atoms with Gasteiger partial charge in [0.15, 0.2) is 17.1 Å². The van der Waals surface area contributed by atoms with Crippen LogP contribution < -0.4 is 11.1 Å². The van der Waals surface area contributed by atoms with Crippen LogP contribution >= 0.6 is 39.9 Å². The van der Waals surface area contributed by atoms with Crippen LogP contribution in [0.3, 0.4) is 0 Å². The number of halogens is 3. The van der Waals surface area contributed by atoms with Gasteiger partial charge in [0.1, 0.15) is 22.8 Å². The number of aliphatic hydroxyl groups is 3. The van der Waals surface area contributed by atoms with Crippen LogP contribution in [0.5, 0.6) is 5.75 Å². The standard InChI is InChI=1S/C23H23BrClN3O8.ClH/c1-28(2)16-9-4-7-3-8-5-10(25)15(27-11(29)6-24)18(31)12(8)17(30)13(7)20(33)23(9,36)21(34)14(19(16)32)22(26)35;/h5,7,9,16,31-33,36H,3-4,6H2,1-2H3,(H2,26,35)(H,27,29);1H/t7?,9?,16-,23?;/m0./s1. The second-order valence-corrected chi connectivity index (χ2v) is 10.2. The molecule has 0 spiro atoms. The number of alkyl halides is 1. The second kappa shape index (κ2) is 9.91. The van der Waals surface area contributed by atoms with Gasteiger partial charge in [0, 0.05) is 11.5 Å². The van der Waals surface area contributed by atoms with Crippen LogP contribution in [0.15, 0.2) is 28.7 Å². The number of carbonyl (C=O) groups is 4.